The number of nitrogens with one attached hydrogen (secondary N) is 1. The number of hydrogen-bond acceptors (Lipinski definition) is 2. The number of carbonyl (C=O) groups excluding carboxylic acids is 1. The maximum atomic E-state index is 11.1. The lowest BCUT2D eigenvalue weighted by atomic mass is 10.2. The van der Waals surface area contributed by atoms with Crippen LogP contribution in [0.2, 0.25) is 0 Å². The third kappa shape index (κ3) is 3.69. The molecule has 13 heavy (non-hydrogen) atoms. The second-order valence-corrected chi connectivity index (χ2v) is 2.89. The molecule has 0 saturated heterocycles. The number of hydrogen-bond donors (Lipinski definition) is 1. The van der Waals surface area contributed by atoms with Gasteiger partial charge in [0, 0.05) is 25.4 Å². The first-order valence-corrected chi connectivity index (χ1v) is 4.48. The quantitative estimate of drug-likeness (QED) is 0.759. The molecule has 1 aromatic rings. The standard InChI is InChI=1S/C10H14N2O/c1-2-4-10(13)12-8-9-5-3-6-11-7-9/h3,5-7H,2,4,8H2,1H3,(H,12,13). The van der Waals surface area contributed by atoms with Crippen LogP contribution in [-0.2, 0) is 11.3 Å². The maximum absolute atomic E-state index is 11.1. The summed E-state index contributed by atoms with van der Waals surface area (Å²) in [4.78, 5) is 15.0. The highest BCUT2D eigenvalue weighted by atomic mass is 16.1. The third-order valence-corrected chi connectivity index (χ3v) is 1.69. The Labute approximate surface area is 78.2 Å². The first-order valence-electron chi connectivity index (χ1n) is 4.48. The molecule has 0 aliphatic heterocycles. The predicted octanol–water partition coefficient (Wildman–Crippen LogP) is 1.50. The molecule has 1 heterocycles. The molecule has 0 aromatic carbocycles. The van der Waals surface area contributed by atoms with Gasteiger partial charge in [-0.15, -0.1) is 0 Å². The van der Waals surface area contributed by atoms with Crippen LogP contribution in [0, 0.1) is 0 Å². The van der Waals surface area contributed by atoms with Crippen LogP contribution in [0.15, 0.2) is 24.5 Å². The van der Waals surface area contributed by atoms with Crippen molar-refractivity contribution in [2.75, 3.05) is 0 Å². The van der Waals surface area contributed by atoms with E-state index >= 15 is 0 Å². The number of rotatable bonds is 4. The molecule has 0 fully saturated rings. The van der Waals surface area contributed by atoms with E-state index in [1.165, 1.54) is 0 Å². The molecule has 0 unspecified atom stereocenters. The van der Waals surface area contributed by atoms with E-state index in [1.807, 2.05) is 19.1 Å². The Morgan fingerprint density at radius 2 is 2.46 bits per heavy atom. The van der Waals surface area contributed by atoms with Crippen LogP contribution in [0.1, 0.15) is 25.3 Å². The SMILES string of the molecule is CCCC(=O)NCc1cccnc1. The van der Waals surface area contributed by atoms with Crippen molar-refractivity contribution in [1.29, 1.82) is 0 Å². The lowest BCUT2D eigenvalue weighted by Crippen LogP contribution is -2.22. The Morgan fingerprint density at radius 1 is 1.62 bits per heavy atom. The van der Waals surface area contributed by atoms with E-state index in [0.29, 0.717) is 13.0 Å². The van der Waals surface area contributed by atoms with Gasteiger partial charge in [0.1, 0.15) is 0 Å². The van der Waals surface area contributed by atoms with Crippen molar-refractivity contribution in [2.45, 2.75) is 26.3 Å². The first-order chi connectivity index (χ1) is 6.33. The minimum absolute atomic E-state index is 0.103. The summed E-state index contributed by atoms with van der Waals surface area (Å²) in [5, 5.41) is 2.82. The van der Waals surface area contributed by atoms with Gasteiger partial charge >= 0.3 is 0 Å². The molecule has 0 aliphatic carbocycles. The van der Waals surface area contributed by atoms with Gasteiger partial charge in [0.25, 0.3) is 0 Å². The normalized spacial score (nSPS) is 9.62. The van der Waals surface area contributed by atoms with Crippen LogP contribution >= 0.6 is 0 Å². The first kappa shape index (κ1) is 9.71. The van der Waals surface area contributed by atoms with E-state index in [9.17, 15) is 4.79 Å². The van der Waals surface area contributed by atoms with Crippen molar-refractivity contribution in [3.05, 3.63) is 30.1 Å². The summed E-state index contributed by atoms with van der Waals surface area (Å²) in [5.41, 5.74) is 1.03. The summed E-state index contributed by atoms with van der Waals surface area (Å²) in [6.45, 7) is 2.57. The summed E-state index contributed by atoms with van der Waals surface area (Å²) in [6.07, 6.45) is 4.96. The van der Waals surface area contributed by atoms with Gasteiger partial charge in [-0.2, -0.15) is 0 Å². The number of nitrogens with zero attached hydrogens (tertiary/aromatic N) is 1. The minimum Gasteiger partial charge on any atom is -0.352 e. The number of amides is 1. The number of pyridine rings is 1. The molecular formula is C10H14N2O. The van der Waals surface area contributed by atoms with Gasteiger partial charge in [0.05, 0.1) is 0 Å². The van der Waals surface area contributed by atoms with Gasteiger partial charge in [0.15, 0.2) is 0 Å². The van der Waals surface area contributed by atoms with Crippen molar-refractivity contribution < 1.29 is 4.79 Å². The molecule has 70 valence electrons. The average molecular weight is 178 g/mol. The molecule has 1 amide bonds. The van der Waals surface area contributed by atoms with Gasteiger partial charge < -0.3 is 5.32 Å². The predicted molar refractivity (Wildman–Crippen MR) is 51.0 cm³/mol. The molecule has 0 bridgehead atoms. The molecule has 0 radical (unpaired) electrons. The lowest BCUT2D eigenvalue weighted by Gasteiger charge is -2.02. The molecule has 1 N–H and O–H groups in total. The van der Waals surface area contributed by atoms with Gasteiger partial charge in [-0.3, -0.25) is 9.78 Å². The number of carbonyl (C=O) groups is 1. The van der Waals surface area contributed by atoms with Crippen molar-refractivity contribution in [2.24, 2.45) is 0 Å². The lowest BCUT2D eigenvalue weighted by molar-refractivity contribution is -0.121. The van der Waals surface area contributed by atoms with E-state index in [0.717, 1.165) is 12.0 Å². The summed E-state index contributed by atoms with van der Waals surface area (Å²) < 4.78 is 0. The molecule has 3 heteroatoms. The Bertz CT molecular complexity index is 259. The minimum atomic E-state index is 0.103. The van der Waals surface area contributed by atoms with Crippen LogP contribution in [0.5, 0.6) is 0 Å². The van der Waals surface area contributed by atoms with E-state index in [2.05, 4.69) is 10.3 Å². The van der Waals surface area contributed by atoms with Gasteiger partial charge in [0.2, 0.25) is 5.91 Å². The Morgan fingerprint density at radius 3 is 3.08 bits per heavy atom. The van der Waals surface area contributed by atoms with Gasteiger partial charge in [-0.05, 0) is 18.1 Å². The zero-order chi connectivity index (χ0) is 9.52. The fraction of sp³-hybridized carbons (Fsp3) is 0.400. The van der Waals surface area contributed by atoms with Crippen LogP contribution in [0.25, 0.3) is 0 Å². The molecule has 0 spiro atoms. The van der Waals surface area contributed by atoms with Gasteiger partial charge in [-0.1, -0.05) is 13.0 Å². The highest BCUT2D eigenvalue weighted by Crippen LogP contribution is 1.95. The average Bonchev–Trinajstić information content (AvgIpc) is 2.17. The van der Waals surface area contributed by atoms with E-state index in [1.54, 1.807) is 12.4 Å². The summed E-state index contributed by atoms with van der Waals surface area (Å²) in [6, 6.07) is 3.81. The van der Waals surface area contributed by atoms with Crippen molar-refractivity contribution in [1.82, 2.24) is 10.3 Å². The fourth-order valence-electron chi connectivity index (χ4n) is 1.02. The zero-order valence-corrected chi connectivity index (χ0v) is 7.79. The van der Waals surface area contributed by atoms with Crippen LogP contribution in [0.3, 0.4) is 0 Å². The van der Waals surface area contributed by atoms with E-state index < -0.39 is 0 Å². The third-order valence-electron chi connectivity index (χ3n) is 1.69. The van der Waals surface area contributed by atoms with E-state index in [4.69, 9.17) is 0 Å². The van der Waals surface area contributed by atoms with Gasteiger partial charge in [-0.25, -0.2) is 0 Å². The molecular weight excluding hydrogens is 164 g/mol. The van der Waals surface area contributed by atoms with Crippen LogP contribution < -0.4 is 5.32 Å². The second kappa shape index (κ2) is 5.30. The Balaban J connectivity index is 2.31. The molecule has 0 aliphatic rings. The summed E-state index contributed by atoms with van der Waals surface area (Å²) in [5.74, 6) is 0.103. The van der Waals surface area contributed by atoms with Crippen LogP contribution in [-0.4, -0.2) is 10.9 Å². The monoisotopic (exact) mass is 178 g/mol. The summed E-state index contributed by atoms with van der Waals surface area (Å²) in [7, 11) is 0. The number of aromatic nitrogens is 1. The van der Waals surface area contributed by atoms with E-state index in [-0.39, 0.29) is 5.91 Å². The van der Waals surface area contributed by atoms with Crippen molar-refractivity contribution >= 4 is 5.91 Å². The smallest absolute Gasteiger partial charge is 0.220 e. The summed E-state index contributed by atoms with van der Waals surface area (Å²) >= 11 is 0. The maximum Gasteiger partial charge on any atom is 0.220 e. The topological polar surface area (TPSA) is 42.0 Å². The largest absolute Gasteiger partial charge is 0.352 e. The second-order valence-electron chi connectivity index (χ2n) is 2.89. The molecule has 0 saturated carbocycles. The zero-order valence-electron chi connectivity index (χ0n) is 7.79. The molecule has 1 rings (SSSR count). The Kier molecular flexibility index (Phi) is 3.96. The molecule has 3 nitrogen and oxygen atoms in total. The molecule has 1 aromatic heterocycles. The van der Waals surface area contributed by atoms with Crippen molar-refractivity contribution in [3.8, 4) is 0 Å². The van der Waals surface area contributed by atoms with Crippen molar-refractivity contribution in [3.63, 3.8) is 0 Å². The highest BCUT2D eigenvalue weighted by molar-refractivity contribution is 5.75. The Hall–Kier alpha value is -1.38. The highest BCUT2D eigenvalue weighted by Gasteiger charge is 1.98. The fourth-order valence-corrected chi connectivity index (χ4v) is 1.02. The van der Waals surface area contributed by atoms with Crippen LogP contribution in [0.4, 0.5) is 0 Å². The molecule has 0 atom stereocenters.